The van der Waals surface area contributed by atoms with E-state index in [1.165, 1.54) is 33.4 Å². The number of hydrogen-bond acceptors (Lipinski definition) is 0. The van der Waals surface area contributed by atoms with E-state index < -0.39 is 0 Å². The minimum Gasteiger partial charge on any atom is -0.0876 e. The van der Waals surface area contributed by atoms with Crippen molar-refractivity contribution in [2.24, 2.45) is 0 Å². The first kappa shape index (κ1) is 17.4. The van der Waals surface area contributed by atoms with Crippen molar-refractivity contribution in [1.82, 2.24) is 0 Å². The molecule has 3 rings (SSSR count). The van der Waals surface area contributed by atoms with E-state index in [1.807, 2.05) is 0 Å². The SMILES string of the molecule is Cc1ccc(C(c2cccc(CBr)c2)c2cccc(CBr)c2)cc1. The Bertz CT molecular complexity index is 759. The maximum Gasteiger partial charge on any atom is 0.0340 e. The minimum absolute atomic E-state index is 0.253. The van der Waals surface area contributed by atoms with Crippen LogP contribution in [-0.2, 0) is 10.7 Å². The van der Waals surface area contributed by atoms with Gasteiger partial charge >= 0.3 is 0 Å². The quantitative estimate of drug-likeness (QED) is 0.295. The summed E-state index contributed by atoms with van der Waals surface area (Å²) in [5, 5.41) is 1.76. The van der Waals surface area contributed by atoms with E-state index in [4.69, 9.17) is 0 Å². The van der Waals surface area contributed by atoms with Crippen molar-refractivity contribution in [2.45, 2.75) is 23.5 Å². The number of hydrogen-bond donors (Lipinski definition) is 0. The zero-order chi connectivity index (χ0) is 16.9. The van der Waals surface area contributed by atoms with Gasteiger partial charge in [0.05, 0.1) is 0 Å². The molecule has 3 aromatic carbocycles. The first-order valence-corrected chi connectivity index (χ1v) is 10.3. The average Bonchev–Trinajstić information content (AvgIpc) is 2.64. The maximum absolute atomic E-state index is 3.58. The van der Waals surface area contributed by atoms with E-state index in [9.17, 15) is 0 Å². The summed E-state index contributed by atoms with van der Waals surface area (Å²) in [7, 11) is 0. The second-order valence-electron chi connectivity index (χ2n) is 6.10. The van der Waals surface area contributed by atoms with Gasteiger partial charge in [-0.1, -0.05) is 110 Å². The van der Waals surface area contributed by atoms with Gasteiger partial charge in [-0.2, -0.15) is 0 Å². The standard InChI is InChI=1S/C22H20Br2/c1-16-8-10-19(11-9-16)22(20-6-2-4-17(12-20)14-23)21-7-3-5-18(13-21)15-24/h2-13,22H,14-15H2,1H3. The zero-order valence-electron chi connectivity index (χ0n) is 13.7. The van der Waals surface area contributed by atoms with Crippen LogP contribution in [0.15, 0.2) is 72.8 Å². The van der Waals surface area contributed by atoms with Crippen molar-refractivity contribution in [3.05, 3.63) is 106 Å². The molecule has 0 unspecified atom stereocenters. The van der Waals surface area contributed by atoms with Gasteiger partial charge in [0.1, 0.15) is 0 Å². The smallest absolute Gasteiger partial charge is 0.0340 e. The normalized spacial score (nSPS) is 11.0. The molecule has 0 aliphatic heterocycles. The first-order valence-electron chi connectivity index (χ1n) is 8.07. The Kier molecular flexibility index (Phi) is 5.91. The molecular formula is C22H20Br2. The third-order valence-corrected chi connectivity index (χ3v) is 5.58. The van der Waals surface area contributed by atoms with Gasteiger partial charge in [-0.3, -0.25) is 0 Å². The summed E-state index contributed by atoms with van der Waals surface area (Å²) in [5.41, 5.74) is 7.91. The highest BCUT2D eigenvalue weighted by Crippen LogP contribution is 2.33. The van der Waals surface area contributed by atoms with Crippen LogP contribution in [0, 0.1) is 6.92 Å². The molecule has 0 aliphatic rings. The summed E-state index contributed by atoms with van der Waals surface area (Å²) >= 11 is 7.16. The molecule has 122 valence electrons. The Morgan fingerprint density at radius 2 is 1.17 bits per heavy atom. The highest BCUT2D eigenvalue weighted by atomic mass is 79.9. The molecule has 0 nitrogen and oxygen atoms in total. The first-order chi connectivity index (χ1) is 11.7. The molecule has 0 saturated carbocycles. The van der Waals surface area contributed by atoms with Crippen molar-refractivity contribution in [3.63, 3.8) is 0 Å². The van der Waals surface area contributed by atoms with Gasteiger partial charge in [0.25, 0.3) is 0 Å². The lowest BCUT2D eigenvalue weighted by molar-refractivity contribution is 0.969. The van der Waals surface area contributed by atoms with Gasteiger partial charge in [-0.15, -0.1) is 0 Å². The van der Waals surface area contributed by atoms with Crippen molar-refractivity contribution >= 4 is 31.9 Å². The van der Waals surface area contributed by atoms with Crippen molar-refractivity contribution in [3.8, 4) is 0 Å². The van der Waals surface area contributed by atoms with E-state index in [2.05, 4.69) is 112 Å². The number of benzene rings is 3. The van der Waals surface area contributed by atoms with Crippen LogP contribution in [0.4, 0.5) is 0 Å². The third kappa shape index (κ3) is 3.99. The van der Waals surface area contributed by atoms with Gasteiger partial charge in [-0.05, 0) is 34.7 Å². The lowest BCUT2D eigenvalue weighted by atomic mass is 9.84. The van der Waals surface area contributed by atoms with E-state index >= 15 is 0 Å². The van der Waals surface area contributed by atoms with Gasteiger partial charge < -0.3 is 0 Å². The van der Waals surface area contributed by atoms with Crippen LogP contribution < -0.4 is 0 Å². The second-order valence-corrected chi connectivity index (χ2v) is 7.22. The summed E-state index contributed by atoms with van der Waals surface area (Å²) in [4.78, 5) is 0. The summed E-state index contributed by atoms with van der Waals surface area (Å²) in [6, 6.07) is 26.6. The van der Waals surface area contributed by atoms with Crippen LogP contribution in [0.2, 0.25) is 0 Å². The predicted molar refractivity (Wildman–Crippen MR) is 110 cm³/mol. The minimum atomic E-state index is 0.253. The fourth-order valence-corrected chi connectivity index (χ4v) is 3.75. The topological polar surface area (TPSA) is 0 Å². The van der Waals surface area contributed by atoms with Crippen molar-refractivity contribution in [2.75, 3.05) is 0 Å². The number of alkyl halides is 2. The monoisotopic (exact) mass is 442 g/mol. The molecule has 24 heavy (non-hydrogen) atoms. The molecule has 0 radical (unpaired) electrons. The van der Waals surface area contributed by atoms with Crippen LogP contribution in [0.25, 0.3) is 0 Å². The fourth-order valence-electron chi connectivity index (χ4n) is 3.05. The predicted octanol–water partition coefficient (Wildman–Crippen LogP) is 6.97. The number of halogens is 2. The summed E-state index contributed by atoms with van der Waals surface area (Å²) in [6.45, 7) is 2.13. The average molecular weight is 444 g/mol. The number of aryl methyl sites for hydroxylation is 1. The van der Waals surface area contributed by atoms with E-state index in [-0.39, 0.29) is 5.92 Å². The van der Waals surface area contributed by atoms with Gasteiger partial charge in [0.15, 0.2) is 0 Å². The van der Waals surface area contributed by atoms with Crippen LogP contribution >= 0.6 is 31.9 Å². The molecule has 0 bridgehead atoms. The van der Waals surface area contributed by atoms with Gasteiger partial charge in [0.2, 0.25) is 0 Å². The van der Waals surface area contributed by atoms with Gasteiger partial charge in [-0.25, -0.2) is 0 Å². The summed E-state index contributed by atoms with van der Waals surface area (Å²) in [5.74, 6) is 0.253. The maximum atomic E-state index is 3.58. The molecule has 0 spiro atoms. The second kappa shape index (κ2) is 8.13. The molecule has 0 heterocycles. The zero-order valence-corrected chi connectivity index (χ0v) is 16.8. The van der Waals surface area contributed by atoms with Crippen LogP contribution in [-0.4, -0.2) is 0 Å². The molecule has 0 fully saturated rings. The fraction of sp³-hybridized carbons (Fsp3) is 0.182. The van der Waals surface area contributed by atoms with E-state index in [0.29, 0.717) is 0 Å². The summed E-state index contributed by atoms with van der Waals surface area (Å²) < 4.78 is 0. The summed E-state index contributed by atoms with van der Waals surface area (Å²) in [6.07, 6.45) is 0. The molecule has 0 aromatic heterocycles. The third-order valence-electron chi connectivity index (χ3n) is 4.29. The highest BCUT2D eigenvalue weighted by molar-refractivity contribution is 9.08. The lowest BCUT2D eigenvalue weighted by Gasteiger charge is -2.20. The largest absolute Gasteiger partial charge is 0.0876 e. The van der Waals surface area contributed by atoms with Gasteiger partial charge in [0, 0.05) is 16.6 Å². The Hall–Kier alpha value is -1.38. The Balaban J connectivity index is 2.14. The van der Waals surface area contributed by atoms with Crippen LogP contribution in [0.1, 0.15) is 39.3 Å². The van der Waals surface area contributed by atoms with Crippen LogP contribution in [0.3, 0.4) is 0 Å². The van der Waals surface area contributed by atoms with E-state index in [1.54, 1.807) is 0 Å². The molecule has 0 aliphatic carbocycles. The Labute approximate surface area is 161 Å². The number of rotatable bonds is 5. The molecule has 0 N–H and O–H groups in total. The van der Waals surface area contributed by atoms with Crippen molar-refractivity contribution < 1.29 is 0 Å². The molecule has 0 saturated heterocycles. The Morgan fingerprint density at radius 3 is 1.62 bits per heavy atom. The highest BCUT2D eigenvalue weighted by Gasteiger charge is 2.17. The molecule has 0 amide bonds. The van der Waals surface area contributed by atoms with Crippen LogP contribution in [0.5, 0.6) is 0 Å². The van der Waals surface area contributed by atoms with Crippen molar-refractivity contribution in [1.29, 1.82) is 0 Å². The molecular weight excluding hydrogens is 424 g/mol. The molecule has 0 atom stereocenters. The Morgan fingerprint density at radius 1 is 0.667 bits per heavy atom. The molecule has 2 heteroatoms. The lowest BCUT2D eigenvalue weighted by Crippen LogP contribution is -2.04. The van der Waals surface area contributed by atoms with E-state index in [0.717, 1.165) is 10.7 Å². The molecule has 3 aromatic rings.